The third-order valence-corrected chi connectivity index (χ3v) is 6.11. The molecule has 0 aliphatic heterocycles. The van der Waals surface area contributed by atoms with Gasteiger partial charge in [0.05, 0.1) is 10.6 Å². The van der Waals surface area contributed by atoms with Gasteiger partial charge in [-0.15, -0.1) is 23.1 Å². The maximum atomic E-state index is 11.9. The molecule has 0 unspecified atom stereocenters. The minimum Gasteiger partial charge on any atom is -0.396 e. The lowest BCUT2D eigenvalue weighted by molar-refractivity contribution is 0.0968. The van der Waals surface area contributed by atoms with Gasteiger partial charge in [0.2, 0.25) is 0 Å². The number of thiophene rings is 1. The number of rotatable bonds is 6. The summed E-state index contributed by atoms with van der Waals surface area (Å²) in [6.07, 6.45) is 6.03. The Bertz CT molecular complexity index is 483. The summed E-state index contributed by atoms with van der Waals surface area (Å²) >= 11 is 3.15. The molecule has 20 heavy (non-hydrogen) atoms. The monoisotopic (exact) mass is 313 g/mol. The van der Waals surface area contributed by atoms with Crippen molar-refractivity contribution < 1.29 is 4.79 Å². The Balaban J connectivity index is 2.30. The van der Waals surface area contributed by atoms with Crippen molar-refractivity contribution in [3.8, 4) is 0 Å². The molecule has 0 aromatic carbocycles. The van der Waals surface area contributed by atoms with E-state index in [1.54, 1.807) is 18.8 Å². The van der Waals surface area contributed by atoms with E-state index in [9.17, 15) is 4.79 Å². The number of thioether (sulfide) groups is 1. The molecule has 3 N–H and O–H groups in total. The van der Waals surface area contributed by atoms with Crippen molar-refractivity contribution in [1.29, 1.82) is 0 Å². The molecule has 1 heterocycles. The van der Waals surface area contributed by atoms with Crippen LogP contribution in [0, 0.1) is 5.92 Å². The molecule has 112 valence electrons. The summed E-state index contributed by atoms with van der Waals surface area (Å²) in [5.74, 6) is 0.713. The number of amides is 1. The predicted octanol–water partition coefficient (Wildman–Crippen LogP) is 3.04. The minimum atomic E-state index is -0.0891. The van der Waals surface area contributed by atoms with Crippen LogP contribution in [-0.4, -0.2) is 32.3 Å². The van der Waals surface area contributed by atoms with Crippen LogP contribution in [0.4, 0.5) is 10.7 Å². The van der Waals surface area contributed by atoms with Crippen molar-refractivity contribution in [3.63, 3.8) is 0 Å². The second-order valence-electron chi connectivity index (χ2n) is 5.10. The highest BCUT2D eigenvalue weighted by Gasteiger charge is 2.26. The fourth-order valence-electron chi connectivity index (χ4n) is 2.45. The van der Waals surface area contributed by atoms with E-state index in [-0.39, 0.29) is 5.91 Å². The van der Waals surface area contributed by atoms with Gasteiger partial charge in [-0.3, -0.25) is 4.79 Å². The molecule has 0 atom stereocenters. The molecule has 1 amide bonds. The second kappa shape index (κ2) is 6.72. The average molecular weight is 313 g/mol. The molecule has 1 fully saturated rings. The van der Waals surface area contributed by atoms with Crippen molar-refractivity contribution in [2.45, 2.75) is 31.1 Å². The Morgan fingerprint density at radius 2 is 2.25 bits per heavy atom. The standard InChI is InChI=1S/C14H23N3OS2/c1-4-17(8-9-6-5-7-9)14-12(19-3)10(15)11(20-14)13(18)16-2/h9H,4-8,15H2,1-3H3,(H,16,18). The van der Waals surface area contributed by atoms with Gasteiger partial charge in [0.15, 0.2) is 0 Å². The number of hydrogen-bond donors (Lipinski definition) is 2. The quantitative estimate of drug-likeness (QED) is 0.793. The van der Waals surface area contributed by atoms with Gasteiger partial charge in [0.25, 0.3) is 5.91 Å². The second-order valence-corrected chi connectivity index (χ2v) is 6.91. The Morgan fingerprint density at radius 1 is 1.55 bits per heavy atom. The number of nitrogens with zero attached hydrogens (tertiary/aromatic N) is 1. The summed E-state index contributed by atoms with van der Waals surface area (Å²) in [7, 11) is 1.64. The van der Waals surface area contributed by atoms with Gasteiger partial charge in [0.1, 0.15) is 9.88 Å². The molecule has 1 saturated carbocycles. The highest BCUT2D eigenvalue weighted by atomic mass is 32.2. The van der Waals surface area contributed by atoms with Crippen LogP contribution < -0.4 is 16.0 Å². The van der Waals surface area contributed by atoms with E-state index in [4.69, 9.17) is 5.73 Å². The molecule has 1 aliphatic carbocycles. The molecule has 4 nitrogen and oxygen atoms in total. The average Bonchev–Trinajstić information content (AvgIpc) is 2.74. The zero-order valence-electron chi connectivity index (χ0n) is 12.4. The Hall–Kier alpha value is -0.880. The third-order valence-electron chi connectivity index (χ3n) is 3.89. The van der Waals surface area contributed by atoms with Crippen molar-refractivity contribution >= 4 is 39.7 Å². The zero-order valence-corrected chi connectivity index (χ0v) is 14.0. The van der Waals surface area contributed by atoms with Crippen molar-refractivity contribution in [1.82, 2.24) is 5.32 Å². The molecule has 2 rings (SSSR count). The number of nitrogen functional groups attached to an aromatic ring is 1. The molecule has 6 heteroatoms. The molecular weight excluding hydrogens is 290 g/mol. The van der Waals surface area contributed by atoms with E-state index in [0.29, 0.717) is 10.6 Å². The Labute approximate surface area is 129 Å². The van der Waals surface area contributed by atoms with Crippen LogP contribution in [0.5, 0.6) is 0 Å². The van der Waals surface area contributed by atoms with Crippen LogP contribution in [0.15, 0.2) is 4.90 Å². The first-order valence-corrected chi connectivity index (χ1v) is 9.09. The summed E-state index contributed by atoms with van der Waals surface area (Å²) in [5.41, 5.74) is 6.79. The van der Waals surface area contributed by atoms with Crippen LogP contribution in [-0.2, 0) is 0 Å². The van der Waals surface area contributed by atoms with Crippen LogP contribution >= 0.6 is 23.1 Å². The van der Waals surface area contributed by atoms with Crippen LogP contribution in [0.2, 0.25) is 0 Å². The highest BCUT2D eigenvalue weighted by molar-refractivity contribution is 7.99. The SMILES string of the molecule is CCN(CC1CCC1)c1sc(C(=O)NC)c(N)c1SC. The number of carbonyl (C=O) groups excluding carboxylic acids is 1. The summed E-state index contributed by atoms with van der Waals surface area (Å²) in [4.78, 5) is 16.0. The zero-order chi connectivity index (χ0) is 14.7. The number of carbonyl (C=O) groups is 1. The van der Waals surface area contributed by atoms with Crippen molar-refractivity contribution in [2.75, 3.05) is 37.0 Å². The van der Waals surface area contributed by atoms with Gasteiger partial charge in [-0.25, -0.2) is 0 Å². The maximum Gasteiger partial charge on any atom is 0.263 e. The number of nitrogens with two attached hydrogens (primary N) is 1. The first-order chi connectivity index (χ1) is 9.62. The highest BCUT2D eigenvalue weighted by Crippen LogP contribution is 2.44. The topological polar surface area (TPSA) is 58.4 Å². The fourth-order valence-corrected chi connectivity index (χ4v) is 4.65. The van der Waals surface area contributed by atoms with Gasteiger partial charge in [0, 0.05) is 20.1 Å². The van der Waals surface area contributed by atoms with Crippen molar-refractivity contribution in [2.24, 2.45) is 5.92 Å². The van der Waals surface area contributed by atoms with Gasteiger partial charge in [-0.05, 0) is 31.9 Å². The van der Waals surface area contributed by atoms with Crippen LogP contribution in [0.3, 0.4) is 0 Å². The fraction of sp³-hybridized carbons (Fsp3) is 0.643. The van der Waals surface area contributed by atoms with E-state index in [1.165, 1.54) is 30.6 Å². The van der Waals surface area contributed by atoms with Gasteiger partial charge in [-0.1, -0.05) is 6.42 Å². The van der Waals surface area contributed by atoms with Gasteiger partial charge < -0.3 is 16.0 Å². The molecule has 0 spiro atoms. The molecular formula is C14H23N3OS2. The molecule has 1 aromatic rings. The summed E-state index contributed by atoms with van der Waals surface area (Å²) in [6, 6.07) is 0. The normalized spacial score (nSPS) is 14.9. The molecule has 1 aliphatic rings. The Morgan fingerprint density at radius 3 is 2.70 bits per heavy atom. The van der Waals surface area contributed by atoms with Gasteiger partial charge >= 0.3 is 0 Å². The third kappa shape index (κ3) is 2.91. The first kappa shape index (κ1) is 15.5. The van der Waals surface area contributed by atoms with Crippen molar-refractivity contribution in [3.05, 3.63) is 4.88 Å². The molecule has 1 aromatic heterocycles. The van der Waals surface area contributed by atoms with E-state index < -0.39 is 0 Å². The summed E-state index contributed by atoms with van der Waals surface area (Å²) < 4.78 is 0. The summed E-state index contributed by atoms with van der Waals surface area (Å²) in [5, 5.41) is 3.83. The number of hydrogen-bond acceptors (Lipinski definition) is 5. The lowest BCUT2D eigenvalue weighted by atomic mass is 9.85. The largest absolute Gasteiger partial charge is 0.396 e. The molecule has 0 saturated heterocycles. The number of anilines is 2. The minimum absolute atomic E-state index is 0.0891. The smallest absolute Gasteiger partial charge is 0.263 e. The van der Waals surface area contributed by atoms with E-state index in [0.717, 1.165) is 28.9 Å². The maximum absolute atomic E-state index is 11.9. The summed E-state index contributed by atoms with van der Waals surface area (Å²) in [6.45, 7) is 4.20. The van der Waals surface area contributed by atoms with Gasteiger partial charge in [-0.2, -0.15) is 0 Å². The van der Waals surface area contributed by atoms with Crippen LogP contribution in [0.1, 0.15) is 35.9 Å². The Kier molecular flexibility index (Phi) is 5.21. The van der Waals surface area contributed by atoms with E-state index >= 15 is 0 Å². The lowest BCUT2D eigenvalue weighted by Gasteiger charge is -2.32. The predicted molar refractivity (Wildman–Crippen MR) is 89.1 cm³/mol. The number of nitrogens with one attached hydrogen (secondary N) is 1. The van der Waals surface area contributed by atoms with Crippen LogP contribution in [0.25, 0.3) is 0 Å². The lowest BCUT2D eigenvalue weighted by Crippen LogP contribution is -2.32. The van der Waals surface area contributed by atoms with E-state index in [1.807, 2.05) is 6.26 Å². The van der Waals surface area contributed by atoms with E-state index in [2.05, 4.69) is 17.1 Å². The molecule has 0 bridgehead atoms. The first-order valence-electron chi connectivity index (χ1n) is 7.05. The molecule has 0 radical (unpaired) electrons.